The van der Waals surface area contributed by atoms with Gasteiger partial charge >= 0.3 is 0 Å². The molecule has 0 radical (unpaired) electrons. The molecule has 1 aromatic heterocycles. The van der Waals surface area contributed by atoms with Gasteiger partial charge in [-0.3, -0.25) is 0 Å². The van der Waals surface area contributed by atoms with Crippen molar-refractivity contribution in [1.29, 1.82) is 0 Å². The number of ether oxygens (including phenoxy) is 2. The molecule has 0 saturated carbocycles. The highest BCUT2D eigenvalue weighted by Crippen LogP contribution is 2.35. The zero-order valence-corrected chi connectivity index (χ0v) is 12.7. The first kappa shape index (κ1) is 13.8. The summed E-state index contributed by atoms with van der Waals surface area (Å²) in [6, 6.07) is 6.34. The lowest BCUT2D eigenvalue weighted by molar-refractivity contribution is 0.353. The largest absolute Gasteiger partial charge is 0.493 e. The summed E-state index contributed by atoms with van der Waals surface area (Å²) in [7, 11) is 3.32. The number of fused-ring (bicyclic) bond motifs is 1. The number of aromatic nitrogens is 2. The van der Waals surface area contributed by atoms with Crippen LogP contribution < -0.4 is 14.8 Å². The minimum atomic E-state index is 0.237. The van der Waals surface area contributed by atoms with E-state index in [1.54, 1.807) is 14.2 Å². The van der Waals surface area contributed by atoms with Crippen molar-refractivity contribution in [1.82, 2.24) is 9.78 Å². The van der Waals surface area contributed by atoms with Crippen LogP contribution in [0, 0.1) is 0 Å². The van der Waals surface area contributed by atoms with Gasteiger partial charge in [0.2, 0.25) is 0 Å². The monoisotopic (exact) mass is 287 g/mol. The van der Waals surface area contributed by atoms with Gasteiger partial charge in [0.15, 0.2) is 11.5 Å². The van der Waals surface area contributed by atoms with Gasteiger partial charge in [-0.25, -0.2) is 4.68 Å². The van der Waals surface area contributed by atoms with Gasteiger partial charge in [0, 0.05) is 12.1 Å². The fraction of sp³-hybridized carbons (Fsp3) is 0.438. The van der Waals surface area contributed by atoms with Crippen LogP contribution in [0.25, 0.3) is 0 Å². The summed E-state index contributed by atoms with van der Waals surface area (Å²) < 4.78 is 12.8. The molecule has 21 heavy (non-hydrogen) atoms. The van der Waals surface area contributed by atoms with Crippen molar-refractivity contribution < 1.29 is 9.47 Å². The third-order valence-electron chi connectivity index (χ3n) is 4.05. The van der Waals surface area contributed by atoms with E-state index < -0.39 is 0 Å². The van der Waals surface area contributed by atoms with Crippen molar-refractivity contribution in [3.63, 3.8) is 0 Å². The van der Waals surface area contributed by atoms with E-state index in [0.717, 1.165) is 36.7 Å². The molecule has 1 N–H and O–H groups in total. The third kappa shape index (κ3) is 2.33. The summed E-state index contributed by atoms with van der Waals surface area (Å²) in [4.78, 5) is 0. The standard InChI is InChI=1S/C16H21N3O2/c1-4-11-10-18-19-13(7-8-17-16(11)19)12-5-6-14(20-2)15(9-12)21-3/h5-6,9-10,13,17H,4,7-8H2,1-3H3. The average molecular weight is 287 g/mol. The molecule has 3 rings (SSSR count). The zero-order valence-electron chi connectivity index (χ0n) is 12.7. The molecule has 0 aliphatic carbocycles. The quantitative estimate of drug-likeness (QED) is 0.939. The summed E-state index contributed by atoms with van der Waals surface area (Å²) in [5, 5.41) is 8.02. The van der Waals surface area contributed by atoms with Crippen LogP contribution >= 0.6 is 0 Å². The number of rotatable bonds is 4. The van der Waals surface area contributed by atoms with Crippen LogP contribution in [0.5, 0.6) is 11.5 Å². The molecule has 2 aromatic rings. The summed E-state index contributed by atoms with van der Waals surface area (Å²) >= 11 is 0. The molecule has 2 heterocycles. The second-order valence-electron chi connectivity index (χ2n) is 5.16. The molecule has 1 aliphatic rings. The van der Waals surface area contributed by atoms with Gasteiger partial charge in [-0.2, -0.15) is 5.10 Å². The Morgan fingerprint density at radius 3 is 2.81 bits per heavy atom. The van der Waals surface area contributed by atoms with E-state index in [-0.39, 0.29) is 6.04 Å². The number of aryl methyl sites for hydroxylation is 1. The van der Waals surface area contributed by atoms with Crippen LogP contribution in [0.15, 0.2) is 24.4 Å². The van der Waals surface area contributed by atoms with E-state index in [1.165, 1.54) is 11.1 Å². The maximum absolute atomic E-state index is 5.41. The molecule has 112 valence electrons. The van der Waals surface area contributed by atoms with Crippen LogP contribution in [0.1, 0.15) is 30.5 Å². The number of hydrogen-bond acceptors (Lipinski definition) is 4. The minimum Gasteiger partial charge on any atom is -0.493 e. The van der Waals surface area contributed by atoms with Crippen LogP contribution in [-0.2, 0) is 6.42 Å². The first-order chi connectivity index (χ1) is 10.3. The maximum atomic E-state index is 5.41. The number of methoxy groups -OCH3 is 2. The van der Waals surface area contributed by atoms with E-state index in [9.17, 15) is 0 Å². The fourth-order valence-electron chi connectivity index (χ4n) is 2.91. The van der Waals surface area contributed by atoms with Gasteiger partial charge in [-0.1, -0.05) is 13.0 Å². The van der Waals surface area contributed by atoms with Gasteiger partial charge in [-0.05, 0) is 30.5 Å². The van der Waals surface area contributed by atoms with E-state index >= 15 is 0 Å². The third-order valence-corrected chi connectivity index (χ3v) is 4.05. The Kier molecular flexibility index (Phi) is 3.73. The topological polar surface area (TPSA) is 48.3 Å². The maximum Gasteiger partial charge on any atom is 0.161 e. The summed E-state index contributed by atoms with van der Waals surface area (Å²) in [5.74, 6) is 2.66. The predicted octanol–water partition coefficient (Wildman–Crippen LogP) is 2.87. The minimum absolute atomic E-state index is 0.237. The molecular formula is C16H21N3O2. The Labute approximate surface area is 124 Å². The van der Waals surface area contributed by atoms with Gasteiger partial charge in [-0.15, -0.1) is 0 Å². The van der Waals surface area contributed by atoms with Crippen molar-refractivity contribution in [2.24, 2.45) is 0 Å². The van der Waals surface area contributed by atoms with Crippen LogP contribution in [-0.4, -0.2) is 30.5 Å². The molecule has 0 spiro atoms. The predicted molar refractivity (Wildman–Crippen MR) is 82.4 cm³/mol. The SMILES string of the molecule is CCc1cnn2c1NCCC2c1ccc(OC)c(OC)c1. The van der Waals surface area contributed by atoms with Gasteiger partial charge in [0.1, 0.15) is 5.82 Å². The highest BCUT2D eigenvalue weighted by atomic mass is 16.5. The Morgan fingerprint density at radius 2 is 2.10 bits per heavy atom. The van der Waals surface area contributed by atoms with Crippen LogP contribution in [0.2, 0.25) is 0 Å². The van der Waals surface area contributed by atoms with Crippen molar-refractivity contribution >= 4 is 5.82 Å². The van der Waals surface area contributed by atoms with E-state index in [4.69, 9.17) is 9.47 Å². The van der Waals surface area contributed by atoms with E-state index in [2.05, 4.69) is 28.1 Å². The molecule has 1 unspecified atom stereocenters. The molecule has 0 bridgehead atoms. The molecule has 1 aromatic carbocycles. The van der Waals surface area contributed by atoms with Gasteiger partial charge in [0.25, 0.3) is 0 Å². The number of benzene rings is 1. The van der Waals surface area contributed by atoms with Crippen molar-refractivity contribution in [2.45, 2.75) is 25.8 Å². The Balaban J connectivity index is 2.00. The van der Waals surface area contributed by atoms with Crippen LogP contribution in [0.4, 0.5) is 5.82 Å². The molecule has 0 fully saturated rings. The highest BCUT2D eigenvalue weighted by molar-refractivity contribution is 5.49. The Morgan fingerprint density at radius 1 is 1.29 bits per heavy atom. The molecule has 0 saturated heterocycles. The normalized spacial score (nSPS) is 17.0. The van der Waals surface area contributed by atoms with Gasteiger partial charge in [0.05, 0.1) is 26.5 Å². The highest BCUT2D eigenvalue weighted by Gasteiger charge is 2.24. The Hall–Kier alpha value is -2.17. The molecule has 1 aliphatic heterocycles. The summed E-state index contributed by atoms with van der Waals surface area (Å²) in [5.41, 5.74) is 2.46. The van der Waals surface area contributed by atoms with Crippen LogP contribution in [0.3, 0.4) is 0 Å². The number of nitrogens with zero attached hydrogens (tertiary/aromatic N) is 2. The van der Waals surface area contributed by atoms with Crippen molar-refractivity contribution in [3.05, 3.63) is 35.5 Å². The molecular weight excluding hydrogens is 266 g/mol. The average Bonchev–Trinajstić information content (AvgIpc) is 2.97. The fourth-order valence-corrected chi connectivity index (χ4v) is 2.91. The van der Waals surface area contributed by atoms with Crippen molar-refractivity contribution in [2.75, 3.05) is 26.1 Å². The number of nitrogens with one attached hydrogen (secondary N) is 1. The summed E-state index contributed by atoms with van der Waals surface area (Å²) in [6.45, 7) is 3.11. The zero-order chi connectivity index (χ0) is 14.8. The lowest BCUT2D eigenvalue weighted by Gasteiger charge is -2.27. The Bertz CT molecular complexity index is 636. The second kappa shape index (κ2) is 5.68. The first-order valence-electron chi connectivity index (χ1n) is 7.30. The lowest BCUT2D eigenvalue weighted by Crippen LogP contribution is -2.24. The van der Waals surface area contributed by atoms with Gasteiger partial charge < -0.3 is 14.8 Å². The molecule has 5 heteroatoms. The second-order valence-corrected chi connectivity index (χ2v) is 5.16. The number of anilines is 1. The smallest absolute Gasteiger partial charge is 0.161 e. The molecule has 0 amide bonds. The molecule has 1 atom stereocenters. The van der Waals surface area contributed by atoms with Crippen molar-refractivity contribution in [3.8, 4) is 11.5 Å². The first-order valence-corrected chi connectivity index (χ1v) is 7.30. The summed E-state index contributed by atoms with van der Waals surface area (Å²) in [6.07, 6.45) is 3.95. The molecule has 5 nitrogen and oxygen atoms in total. The van der Waals surface area contributed by atoms with E-state index in [1.807, 2.05) is 18.3 Å². The lowest BCUT2D eigenvalue weighted by atomic mass is 10.0. The van der Waals surface area contributed by atoms with E-state index in [0.29, 0.717) is 0 Å². The number of hydrogen-bond donors (Lipinski definition) is 1.